The molecule has 0 atom stereocenters. The molecule has 1 aliphatic heterocycles. The second-order valence-electron chi connectivity index (χ2n) is 9.13. The Labute approximate surface area is 229 Å². The van der Waals surface area contributed by atoms with Crippen LogP contribution in [0.4, 0.5) is 8.78 Å². The van der Waals surface area contributed by atoms with Gasteiger partial charge in [0.2, 0.25) is 0 Å². The van der Waals surface area contributed by atoms with E-state index in [0.29, 0.717) is 31.6 Å². The number of hydrogen-bond donors (Lipinski definition) is 1. The van der Waals surface area contributed by atoms with Gasteiger partial charge in [0.15, 0.2) is 17.3 Å². The second-order valence-corrected chi connectivity index (χ2v) is 10.4. The zero-order chi connectivity index (χ0) is 26.4. The summed E-state index contributed by atoms with van der Waals surface area (Å²) >= 11 is 2.23. The number of hydrogen-bond acceptors (Lipinski definition) is 4. The number of rotatable bonds is 4. The summed E-state index contributed by atoms with van der Waals surface area (Å²) in [6, 6.07) is 15.3. The molecule has 192 valence electrons. The van der Waals surface area contributed by atoms with Crippen molar-refractivity contribution in [3.63, 3.8) is 0 Å². The Kier molecular flexibility index (Phi) is 6.30. The summed E-state index contributed by atoms with van der Waals surface area (Å²) in [5.41, 5.74) is 2.35. The highest BCUT2D eigenvalue weighted by Gasteiger charge is 2.29. The van der Waals surface area contributed by atoms with Crippen molar-refractivity contribution in [2.24, 2.45) is 0 Å². The number of H-pyrrole nitrogens is 1. The Bertz CT molecular complexity index is 1700. The normalized spacial score (nSPS) is 14.3. The quantitative estimate of drug-likeness (QED) is 0.287. The first-order valence-electron chi connectivity index (χ1n) is 12.0. The fourth-order valence-electron chi connectivity index (χ4n) is 4.98. The van der Waals surface area contributed by atoms with Gasteiger partial charge in [-0.15, -0.1) is 0 Å². The van der Waals surface area contributed by atoms with Crippen LogP contribution in [0.1, 0.15) is 29.4 Å². The lowest BCUT2D eigenvalue weighted by Crippen LogP contribution is -2.40. The number of pyridine rings is 1. The average Bonchev–Trinajstić information content (AvgIpc) is 3.53. The lowest BCUT2D eigenvalue weighted by molar-refractivity contribution is 0.0688. The Morgan fingerprint density at radius 1 is 1.05 bits per heavy atom. The van der Waals surface area contributed by atoms with Gasteiger partial charge in [-0.2, -0.15) is 5.10 Å². The van der Waals surface area contributed by atoms with Crippen molar-refractivity contribution in [2.45, 2.75) is 18.9 Å². The monoisotopic (exact) mass is 626 g/mol. The van der Waals surface area contributed by atoms with Crippen molar-refractivity contribution < 1.29 is 13.6 Å². The van der Waals surface area contributed by atoms with E-state index in [1.54, 1.807) is 28.0 Å². The molecule has 0 aliphatic carbocycles. The summed E-state index contributed by atoms with van der Waals surface area (Å²) in [6.45, 7) is 0.691. The summed E-state index contributed by atoms with van der Waals surface area (Å²) in [7, 11) is 0. The molecule has 0 saturated carbocycles. The summed E-state index contributed by atoms with van der Waals surface area (Å²) in [5, 5.41) is 4.65. The van der Waals surface area contributed by atoms with Gasteiger partial charge in [-0.1, -0.05) is 0 Å². The number of piperidine rings is 1. The maximum Gasteiger partial charge on any atom is 0.326 e. The van der Waals surface area contributed by atoms with Gasteiger partial charge < -0.3 is 9.88 Å². The first-order chi connectivity index (χ1) is 18.4. The number of imidazole rings is 1. The predicted molar refractivity (Wildman–Crippen MR) is 146 cm³/mol. The minimum Gasteiger partial charge on any atom is -0.337 e. The molecule has 0 unspecified atom stereocenters. The number of amides is 1. The number of halogens is 3. The molecule has 0 radical (unpaired) electrons. The maximum absolute atomic E-state index is 14.6. The van der Waals surface area contributed by atoms with E-state index in [1.807, 2.05) is 36.4 Å². The summed E-state index contributed by atoms with van der Waals surface area (Å²) < 4.78 is 32.5. The Morgan fingerprint density at radius 2 is 1.82 bits per heavy atom. The SMILES string of the molecule is O=C(c1cc(-c2cccnc2)n(-c2ccc(I)cc2)n1)N1CCC(n2c(=O)[nH]c3ccc(F)c(F)c32)CC1. The van der Waals surface area contributed by atoms with E-state index in [9.17, 15) is 18.4 Å². The minimum absolute atomic E-state index is 0.0721. The fourth-order valence-corrected chi connectivity index (χ4v) is 5.34. The average molecular weight is 626 g/mol. The van der Waals surface area contributed by atoms with Crippen molar-refractivity contribution in [2.75, 3.05) is 13.1 Å². The van der Waals surface area contributed by atoms with Crippen molar-refractivity contribution in [1.29, 1.82) is 0 Å². The van der Waals surface area contributed by atoms with E-state index >= 15 is 0 Å². The van der Waals surface area contributed by atoms with E-state index in [-0.39, 0.29) is 23.0 Å². The molecule has 1 N–H and O–H groups in total. The first kappa shape index (κ1) is 24.5. The first-order valence-corrected chi connectivity index (χ1v) is 13.1. The van der Waals surface area contributed by atoms with Gasteiger partial charge in [-0.25, -0.2) is 18.3 Å². The van der Waals surface area contributed by atoms with Crippen molar-refractivity contribution >= 4 is 39.5 Å². The molecule has 0 bridgehead atoms. The number of aromatic nitrogens is 5. The van der Waals surface area contributed by atoms with Crippen LogP contribution in [0, 0.1) is 15.2 Å². The molecular weight excluding hydrogens is 605 g/mol. The minimum atomic E-state index is -1.05. The Balaban J connectivity index is 1.27. The summed E-state index contributed by atoms with van der Waals surface area (Å²) in [4.78, 5) is 34.6. The fraction of sp³-hybridized carbons (Fsp3) is 0.185. The number of nitrogens with zero attached hydrogens (tertiary/aromatic N) is 5. The van der Waals surface area contributed by atoms with E-state index in [1.165, 1.54) is 10.6 Å². The van der Waals surface area contributed by atoms with Crippen LogP contribution >= 0.6 is 22.6 Å². The molecule has 4 heterocycles. The number of nitrogens with one attached hydrogen (secondary N) is 1. The van der Waals surface area contributed by atoms with Gasteiger partial charge in [0.1, 0.15) is 5.52 Å². The third-order valence-electron chi connectivity index (χ3n) is 6.84. The van der Waals surface area contributed by atoms with E-state index in [0.717, 1.165) is 26.6 Å². The van der Waals surface area contributed by atoms with Crippen LogP contribution < -0.4 is 5.69 Å². The lowest BCUT2D eigenvalue weighted by Gasteiger charge is -2.32. The Hall–Kier alpha value is -3.87. The van der Waals surface area contributed by atoms with Crippen molar-refractivity contribution in [3.05, 3.63) is 98.4 Å². The molecule has 1 aliphatic rings. The number of benzene rings is 2. The summed E-state index contributed by atoms with van der Waals surface area (Å²) in [5.74, 6) is -2.30. The highest BCUT2D eigenvalue weighted by Crippen LogP contribution is 2.29. The molecule has 6 rings (SSSR count). The zero-order valence-corrected chi connectivity index (χ0v) is 22.1. The van der Waals surface area contributed by atoms with Gasteiger partial charge >= 0.3 is 5.69 Å². The molecule has 5 aromatic rings. The molecule has 38 heavy (non-hydrogen) atoms. The van der Waals surface area contributed by atoms with Crippen LogP contribution in [-0.2, 0) is 0 Å². The standard InChI is InChI=1S/C27H21F2IN6O2/c28-20-7-8-21-25(24(20)29)35(27(38)32-21)18-9-12-34(13-10-18)26(37)22-14-23(16-2-1-11-31-15-16)36(33-22)19-5-3-17(30)4-6-19/h1-8,11,14-15,18H,9-10,12-13H2,(H,32,38). The van der Waals surface area contributed by atoms with Gasteiger partial charge in [0.05, 0.1) is 16.9 Å². The molecule has 2 aromatic carbocycles. The maximum atomic E-state index is 14.6. The predicted octanol–water partition coefficient (Wildman–Crippen LogP) is 4.94. The Morgan fingerprint density at radius 3 is 2.53 bits per heavy atom. The molecule has 0 spiro atoms. The van der Waals surface area contributed by atoms with E-state index in [2.05, 4.69) is 37.7 Å². The van der Waals surface area contributed by atoms with E-state index in [4.69, 9.17) is 0 Å². The number of fused-ring (bicyclic) bond motifs is 1. The molecule has 11 heteroatoms. The third-order valence-corrected chi connectivity index (χ3v) is 7.56. The number of carbonyl (C=O) groups excluding carboxylic acids is 1. The third kappa shape index (κ3) is 4.30. The second kappa shape index (κ2) is 9.78. The number of aromatic amines is 1. The van der Waals surface area contributed by atoms with Crippen molar-refractivity contribution in [3.8, 4) is 16.9 Å². The summed E-state index contributed by atoms with van der Waals surface area (Å²) in [6.07, 6.45) is 4.25. The highest BCUT2D eigenvalue weighted by molar-refractivity contribution is 14.1. The molecule has 1 amide bonds. The highest BCUT2D eigenvalue weighted by atomic mass is 127. The molecule has 1 fully saturated rings. The van der Waals surface area contributed by atoms with Crippen LogP contribution in [0.3, 0.4) is 0 Å². The molecule has 3 aromatic heterocycles. The lowest BCUT2D eigenvalue weighted by atomic mass is 10.0. The van der Waals surface area contributed by atoms with Crippen LogP contribution in [-0.4, -0.2) is 48.2 Å². The van der Waals surface area contributed by atoms with Gasteiger partial charge in [-0.05, 0) is 90.0 Å². The van der Waals surface area contributed by atoms with Crippen LogP contribution in [0.15, 0.2) is 71.8 Å². The topological polar surface area (TPSA) is 88.8 Å². The largest absolute Gasteiger partial charge is 0.337 e. The molecular formula is C27H21F2IN6O2. The molecule has 8 nitrogen and oxygen atoms in total. The van der Waals surface area contributed by atoms with Crippen molar-refractivity contribution in [1.82, 2.24) is 29.2 Å². The van der Waals surface area contributed by atoms with Gasteiger partial charge in [0, 0.05) is 40.7 Å². The number of likely N-dealkylation sites (tertiary alicyclic amines) is 1. The van der Waals surface area contributed by atoms with Crippen LogP contribution in [0.5, 0.6) is 0 Å². The van der Waals surface area contributed by atoms with Gasteiger partial charge in [0.25, 0.3) is 5.91 Å². The van der Waals surface area contributed by atoms with E-state index < -0.39 is 17.3 Å². The number of carbonyl (C=O) groups is 1. The van der Waals surface area contributed by atoms with Gasteiger partial charge in [-0.3, -0.25) is 14.3 Å². The zero-order valence-electron chi connectivity index (χ0n) is 19.9. The molecule has 1 saturated heterocycles. The van der Waals surface area contributed by atoms with Crippen LogP contribution in [0.25, 0.3) is 28.0 Å². The smallest absolute Gasteiger partial charge is 0.326 e. The van der Waals surface area contributed by atoms with Crippen LogP contribution in [0.2, 0.25) is 0 Å².